The van der Waals surface area contributed by atoms with Crippen LogP contribution >= 0.6 is 0 Å². The summed E-state index contributed by atoms with van der Waals surface area (Å²) >= 11 is 0. The van der Waals surface area contributed by atoms with Crippen molar-refractivity contribution in [2.45, 2.75) is 19.3 Å². The van der Waals surface area contributed by atoms with Crippen LogP contribution in [0.4, 0.5) is 0 Å². The number of nitrogens with zero attached hydrogens (tertiary/aromatic N) is 3. The number of nitrogens with one attached hydrogen (secondary N) is 1. The summed E-state index contributed by atoms with van der Waals surface area (Å²) in [5.74, 6) is 0.776. The lowest BCUT2D eigenvalue weighted by Crippen LogP contribution is -2.41. The lowest BCUT2D eigenvalue weighted by atomic mass is 9.96. The van der Waals surface area contributed by atoms with Crippen molar-refractivity contribution in [3.63, 3.8) is 0 Å². The van der Waals surface area contributed by atoms with E-state index in [-0.39, 0.29) is 18.4 Å². The van der Waals surface area contributed by atoms with Gasteiger partial charge in [0.2, 0.25) is 5.91 Å². The molecule has 1 amide bonds. The van der Waals surface area contributed by atoms with Gasteiger partial charge in [-0.15, -0.1) is 0 Å². The molecular weight excluding hydrogens is 308 g/mol. The number of hydrogen-bond donors (Lipinski definition) is 2. The zero-order valence-corrected chi connectivity index (χ0v) is 14.2. The molecule has 1 aromatic rings. The number of aliphatic hydroxyl groups excluding tert-OH is 1. The van der Waals surface area contributed by atoms with Crippen LogP contribution in [-0.4, -0.2) is 83.6 Å². The summed E-state index contributed by atoms with van der Waals surface area (Å²) in [7, 11) is 0. The Kier molecular flexibility index (Phi) is 6.23. The first-order chi connectivity index (χ1) is 11.8. The Morgan fingerprint density at radius 2 is 2.12 bits per heavy atom. The van der Waals surface area contributed by atoms with E-state index in [1.807, 2.05) is 11.1 Å². The Hall–Kier alpha value is -1.44. The van der Waals surface area contributed by atoms with Crippen LogP contribution in [0.15, 0.2) is 12.4 Å². The van der Waals surface area contributed by atoms with Crippen LogP contribution in [0.25, 0.3) is 0 Å². The predicted octanol–water partition coefficient (Wildman–Crippen LogP) is 0.132. The second-order valence-electron chi connectivity index (χ2n) is 6.87. The Labute approximate surface area is 143 Å². The fourth-order valence-corrected chi connectivity index (χ4v) is 3.69. The molecule has 1 aromatic heterocycles. The van der Waals surface area contributed by atoms with Gasteiger partial charge in [0, 0.05) is 57.9 Å². The average molecular weight is 336 g/mol. The first-order valence-electron chi connectivity index (χ1n) is 8.92. The van der Waals surface area contributed by atoms with Gasteiger partial charge >= 0.3 is 0 Å². The second kappa shape index (κ2) is 8.60. The summed E-state index contributed by atoms with van der Waals surface area (Å²) in [4.78, 5) is 16.8. The number of carbonyl (C=O) groups excluding carboxylic acids is 1. The minimum atomic E-state index is 0.161. The standard InChI is InChI=1S/C17H28N4O3/c22-13-16-12-21(11-15(16)10-20-4-6-24-7-5-20)17(23)3-1-2-14-8-18-19-9-14/h8-9,15-16,22H,1-7,10-13H2,(H,18,19). The highest BCUT2D eigenvalue weighted by Crippen LogP contribution is 2.25. The number of hydrogen-bond acceptors (Lipinski definition) is 5. The van der Waals surface area contributed by atoms with Gasteiger partial charge in [0.25, 0.3) is 0 Å². The first-order valence-corrected chi connectivity index (χ1v) is 8.92. The molecule has 0 bridgehead atoms. The number of aryl methyl sites for hydroxylation is 1. The first kappa shape index (κ1) is 17.4. The summed E-state index contributed by atoms with van der Waals surface area (Å²) in [5, 5.41) is 16.4. The monoisotopic (exact) mass is 336 g/mol. The number of aromatic amines is 1. The quantitative estimate of drug-likeness (QED) is 0.740. The maximum atomic E-state index is 12.5. The molecule has 7 heteroatoms. The number of likely N-dealkylation sites (tertiary alicyclic amines) is 1. The van der Waals surface area contributed by atoms with Crippen molar-refractivity contribution in [2.24, 2.45) is 11.8 Å². The lowest BCUT2D eigenvalue weighted by molar-refractivity contribution is -0.130. The summed E-state index contributed by atoms with van der Waals surface area (Å²) in [6.45, 7) is 6.05. The number of aliphatic hydroxyl groups is 1. The number of H-pyrrole nitrogens is 1. The Morgan fingerprint density at radius 3 is 2.83 bits per heavy atom. The zero-order valence-electron chi connectivity index (χ0n) is 14.2. The third-order valence-electron chi connectivity index (χ3n) is 5.17. The molecule has 2 unspecified atom stereocenters. The molecule has 2 saturated heterocycles. The molecule has 0 aliphatic carbocycles. The Morgan fingerprint density at radius 1 is 1.33 bits per heavy atom. The second-order valence-corrected chi connectivity index (χ2v) is 6.87. The molecule has 3 rings (SSSR count). The molecule has 2 N–H and O–H groups in total. The smallest absolute Gasteiger partial charge is 0.222 e. The Bertz CT molecular complexity index is 502. The van der Waals surface area contributed by atoms with Crippen LogP contribution in [0.3, 0.4) is 0 Å². The van der Waals surface area contributed by atoms with Crippen LogP contribution in [0.2, 0.25) is 0 Å². The molecule has 2 fully saturated rings. The molecule has 0 aromatic carbocycles. The van der Waals surface area contributed by atoms with Crippen LogP contribution in [-0.2, 0) is 16.0 Å². The average Bonchev–Trinajstić information content (AvgIpc) is 3.25. The van der Waals surface area contributed by atoms with Crippen molar-refractivity contribution >= 4 is 5.91 Å². The van der Waals surface area contributed by atoms with E-state index < -0.39 is 0 Å². The third-order valence-corrected chi connectivity index (χ3v) is 5.17. The summed E-state index contributed by atoms with van der Waals surface area (Å²) in [6, 6.07) is 0. The van der Waals surface area contributed by atoms with Crippen LogP contribution < -0.4 is 0 Å². The topological polar surface area (TPSA) is 81.7 Å². The molecule has 2 aliphatic heterocycles. The third kappa shape index (κ3) is 4.55. The van der Waals surface area contributed by atoms with Crippen molar-refractivity contribution < 1.29 is 14.6 Å². The summed E-state index contributed by atoms with van der Waals surface area (Å²) < 4.78 is 5.39. The highest BCUT2D eigenvalue weighted by molar-refractivity contribution is 5.76. The molecule has 24 heavy (non-hydrogen) atoms. The molecule has 0 radical (unpaired) electrons. The number of amides is 1. The fraction of sp³-hybridized carbons (Fsp3) is 0.765. The van der Waals surface area contributed by atoms with Crippen LogP contribution in [0, 0.1) is 11.8 Å². The molecule has 3 heterocycles. The van der Waals surface area contributed by atoms with Gasteiger partial charge in [0.1, 0.15) is 0 Å². The summed E-state index contributed by atoms with van der Waals surface area (Å²) in [5.41, 5.74) is 1.14. The number of morpholine rings is 1. The van der Waals surface area contributed by atoms with Crippen molar-refractivity contribution in [2.75, 3.05) is 52.5 Å². The molecule has 134 valence electrons. The van der Waals surface area contributed by atoms with Crippen LogP contribution in [0.1, 0.15) is 18.4 Å². The van der Waals surface area contributed by atoms with E-state index in [1.54, 1.807) is 6.20 Å². The van der Waals surface area contributed by atoms with Gasteiger partial charge in [-0.1, -0.05) is 0 Å². The van der Waals surface area contributed by atoms with Gasteiger partial charge in [-0.25, -0.2) is 0 Å². The van der Waals surface area contributed by atoms with Crippen molar-refractivity contribution in [3.05, 3.63) is 18.0 Å². The van der Waals surface area contributed by atoms with Gasteiger partial charge < -0.3 is 14.7 Å². The van der Waals surface area contributed by atoms with E-state index in [1.165, 1.54) is 0 Å². The van der Waals surface area contributed by atoms with Gasteiger partial charge in [0.15, 0.2) is 0 Å². The van der Waals surface area contributed by atoms with E-state index in [0.29, 0.717) is 18.9 Å². The van der Waals surface area contributed by atoms with Crippen molar-refractivity contribution in [3.8, 4) is 0 Å². The lowest BCUT2D eigenvalue weighted by Gasteiger charge is -2.30. The largest absolute Gasteiger partial charge is 0.396 e. The number of ether oxygens (including phenoxy) is 1. The molecule has 7 nitrogen and oxygen atoms in total. The SMILES string of the molecule is O=C(CCCc1cn[nH]c1)N1CC(CO)C(CN2CCOCC2)C1. The minimum Gasteiger partial charge on any atom is -0.396 e. The highest BCUT2D eigenvalue weighted by atomic mass is 16.5. The Balaban J connectivity index is 1.44. The van der Waals surface area contributed by atoms with E-state index in [2.05, 4.69) is 15.1 Å². The van der Waals surface area contributed by atoms with Gasteiger partial charge in [-0.2, -0.15) is 5.10 Å². The maximum Gasteiger partial charge on any atom is 0.222 e. The van der Waals surface area contributed by atoms with E-state index in [0.717, 1.165) is 57.8 Å². The molecule has 2 aliphatic rings. The van der Waals surface area contributed by atoms with Gasteiger partial charge in [0.05, 0.1) is 19.4 Å². The molecule has 0 saturated carbocycles. The highest BCUT2D eigenvalue weighted by Gasteiger charge is 2.35. The normalized spacial score (nSPS) is 25.3. The summed E-state index contributed by atoms with van der Waals surface area (Å²) in [6.07, 6.45) is 5.96. The van der Waals surface area contributed by atoms with Crippen molar-refractivity contribution in [1.29, 1.82) is 0 Å². The van der Waals surface area contributed by atoms with E-state index in [9.17, 15) is 9.90 Å². The van der Waals surface area contributed by atoms with E-state index >= 15 is 0 Å². The zero-order chi connectivity index (χ0) is 16.8. The molecule has 0 spiro atoms. The van der Waals surface area contributed by atoms with Crippen LogP contribution in [0.5, 0.6) is 0 Å². The fourth-order valence-electron chi connectivity index (χ4n) is 3.69. The number of aromatic nitrogens is 2. The predicted molar refractivity (Wildman–Crippen MR) is 89.4 cm³/mol. The maximum absolute atomic E-state index is 12.5. The van der Waals surface area contributed by atoms with Gasteiger partial charge in [-0.3, -0.25) is 14.8 Å². The molecule has 2 atom stereocenters. The van der Waals surface area contributed by atoms with E-state index in [4.69, 9.17) is 4.74 Å². The number of rotatable bonds is 7. The molecular formula is C17H28N4O3. The minimum absolute atomic E-state index is 0.161. The van der Waals surface area contributed by atoms with Gasteiger partial charge in [-0.05, 0) is 24.3 Å². The number of carbonyl (C=O) groups is 1. The van der Waals surface area contributed by atoms with Crippen molar-refractivity contribution in [1.82, 2.24) is 20.0 Å².